The third-order valence-corrected chi connectivity index (χ3v) is 5.70. The standard InChI is InChI=1S/C20H26N4O/c1-22-12-2-5-18(22)19-6-3-13-23(19)20(25)15-16-7-9-17(10-8-16)24-14-4-11-21-24/h4,7-11,14,18-19H,2-3,5-6,12-13,15H2,1H3/t18-,19+/m1/s1. The van der Waals surface area contributed by atoms with Crippen LogP contribution in [0, 0.1) is 0 Å². The number of aromatic nitrogens is 2. The van der Waals surface area contributed by atoms with Crippen LogP contribution < -0.4 is 0 Å². The van der Waals surface area contributed by atoms with Gasteiger partial charge in [-0.2, -0.15) is 5.10 Å². The number of hydrogen-bond donors (Lipinski definition) is 0. The molecule has 25 heavy (non-hydrogen) atoms. The zero-order valence-corrected chi connectivity index (χ0v) is 14.8. The van der Waals surface area contributed by atoms with E-state index in [-0.39, 0.29) is 5.91 Å². The molecule has 2 aliphatic heterocycles. The molecule has 2 fully saturated rings. The molecule has 0 aliphatic carbocycles. The van der Waals surface area contributed by atoms with Crippen LogP contribution in [0.4, 0.5) is 0 Å². The lowest BCUT2D eigenvalue weighted by molar-refractivity contribution is -0.132. The van der Waals surface area contributed by atoms with Crippen LogP contribution in [0.2, 0.25) is 0 Å². The third-order valence-electron chi connectivity index (χ3n) is 5.70. The van der Waals surface area contributed by atoms with Crippen LogP contribution in [0.15, 0.2) is 42.7 Å². The molecule has 0 saturated carbocycles. The molecule has 0 radical (unpaired) electrons. The van der Waals surface area contributed by atoms with Crippen LogP contribution in [-0.4, -0.2) is 57.7 Å². The maximum absolute atomic E-state index is 12.9. The van der Waals surface area contributed by atoms with E-state index in [2.05, 4.69) is 21.9 Å². The van der Waals surface area contributed by atoms with Gasteiger partial charge in [0, 0.05) is 31.0 Å². The van der Waals surface area contributed by atoms with E-state index in [9.17, 15) is 4.79 Å². The minimum Gasteiger partial charge on any atom is -0.338 e. The van der Waals surface area contributed by atoms with E-state index < -0.39 is 0 Å². The van der Waals surface area contributed by atoms with Crippen molar-refractivity contribution in [1.29, 1.82) is 0 Å². The van der Waals surface area contributed by atoms with Crippen LogP contribution in [0.5, 0.6) is 0 Å². The lowest BCUT2D eigenvalue weighted by Crippen LogP contribution is -2.47. The van der Waals surface area contributed by atoms with Crippen molar-refractivity contribution in [3.8, 4) is 5.69 Å². The summed E-state index contributed by atoms with van der Waals surface area (Å²) in [5.41, 5.74) is 2.10. The van der Waals surface area contributed by atoms with E-state index in [1.807, 2.05) is 41.2 Å². The summed E-state index contributed by atoms with van der Waals surface area (Å²) in [6, 6.07) is 11.0. The van der Waals surface area contributed by atoms with Crippen LogP contribution in [0.3, 0.4) is 0 Å². The van der Waals surface area contributed by atoms with Crippen molar-refractivity contribution in [2.45, 2.75) is 44.2 Å². The van der Waals surface area contributed by atoms with Gasteiger partial charge in [0.05, 0.1) is 12.1 Å². The summed E-state index contributed by atoms with van der Waals surface area (Å²) in [5.74, 6) is 0.273. The summed E-state index contributed by atoms with van der Waals surface area (Å²) in [7, 11) is 2.20. The van der Waals surface area contributed by atoms with E-state index in [4.69, 9.17) is 0 Å². The molecule has 2 atom stereocenters. The monoisotopic (exact) mass is 338 g/mol. The zero-order valence-electron chi connectivity index (χ0n) is 14.8. The number of benzene rings is 1. The quantitative estimate of drug-likeness (QED) is 0.860. The predicted octanol–water partition coefficient (Wildman–Crippen LogP) is 2.50. The molecular weight excluding hydrogens is 312 g/mol. The lowest BCUT2D eigenvalue weighted by Gasteiger charge is -2.33. The van der Waals surface area contributed by atoms with Gasteiger partial charge in [-0.25, -0.2) is 4.68 Å². The van der Waals surface area contributed by atoms with Crippen molar-refractivity contribution in [2.24, 2.45) is 0 Å². The third kappa shape index (κ3) is 3.33. The Bertz CT molecular complexity index is 710. The average Bonchev–Trinajstić information content (AvgIpc) is 3.36. The van der Waals surface area contributed by atoms with Crippen LogP contribution in [0.1, 0.15) is 31.2 Å². The number of hydrogen-bond acceptors (Lipinski definition) is 3. The second-order valence-corrected chi connectivity index (χ2v) is 7.28. The van der Waals surface area contributed by atoms with Gasteiger partial charge in [0.1, 0.15) is 0 Å². The van der Waals surface area contributed by atoms with Crippen LogP contribution >= 0.6 is 0 Å². The summed E-state index contributed by atoms with van der Waals surface area (Å²) >= 11 is 0. The Balaban J connectivity index is 1.42. The summed E-state index contributed by atoms with van der Waals surface area (Å²) in [5, 5.41) is 4.24. The summed E-state index contributed by atoms with van der Waals surface area (Å²) < 4.78 is 1.83. The highest BCUT2D eigenvalue weighted by Crippen LogP contribution is 2.29. The molecule has 2 saturated heterocycles. The fraction of sp³-hybridized carbons (Fsp3) is 0.500. The molecule has 1 aromatic heterocycles. The fourth-order valence-electron chi connectivity index (χ4n) is 4.39. The van der Waals surface area contributed by atoms with E-state index in [1.165, 1.54) is 12.8 Å². The SMILES string of the molecule is CN1CCC[C@@H]1[C@@H]1CCCN1C(=O)Cc1ccc(-n2cccn2)cc1. The highest BCUT2D eigenvalue weighted by molar-refractivity contribution is 5.79. The van der Waals surface area contributed by atoms with Gasteiger partial charge in [-0.3, -0.25) is 4.79 Å². The zero-order chi connectivity index (χ0) is 17.2. The average molecular weight is 338 g/mol. The van der Waals surface area contributed by atoms with E-state index in [0.29, 0.717) is 18.5 Å². The first kappa shape index (κ1) is 16.3. The maximum atomic E-state index is 12.9. The molecule has 4 rings (SSSR count). The maximum Gasteiger partial charge on any atom is 0.227 e. The number of amides is 1. The molecule has 2 aromatic rings. The normalized spacial score (nSPS) is 24.1. The minimum absolute atomic E-state index is 0.273. The minimum atomic E-state index is 0.273. The summed E-state index contributed by atoms with van der Waals surface area (Å²) in [6.45, 7) is 2.08. The van der Waals surface area contributed by atoms with Gasteiger partial charge in [-0.1, -0.05) is 12.1 Å². The van der Waals surface area contributed by atoms with Gasteiger partial charge in [-0.05, 0) is 63.0 Å². The molecule has 0 spiro atoms. The number of carbonyl (C=O) groups excluding carboxylic acids is 1. The highest BCUT2D eigenvalue weighted by Gasteiger charge is 2.38. The Morgan fingerprint density at radius 3 is 2.56 bits per heavy atom. The Hall–Kier alpha value is -2.14. The number of rotatable bonds is 4. The molecule has 1 amide bonds. The van der Waals surface area contributed by atoms with Gasteiger partial charge >= 0.3 is 0 Å². The van der Waals surface area contributed by atoms with Crippen molar-refractivity contribution in [1.82, 2.24) is 19.6 Å². The molecule has 0 unspecified atom stereocenters. The van der Waals surface area contributed by atoms with E-state index >= 15 is 0 Å². The van der Waals surface area contributed by atoms with Crippen LogP contribution in [0.25, 0.3) is 5.69 Å². The molecule has 132 valence electrons. The number of nitrogens with zero attached hydrogens (tertiary/aromatic N) is 4. The smallest absolute Gasteiger partial charge is 0.227 e. The van der Waals surface area contributed by atoms with Crippen LogP contribution in [-0.2, 0) is 11.2 Å². The molecule has 0 N–H and O–H groups in total. The molecular formula is C20H26N4O. The summed E-state index contributed by atoms with van der Waals surface area (Å²) in [6.07, 6.45) is 8.96. The van der Waals surface area contributed by atoms with Gasteiger partial charge in [0.2, 0.25) is 5.91 Å². The lowest BCUT2D eigenvalue weighted by atomic mass is 10.0. The Morgan fingerprint density at radius 1 is 1.12 bits per heavy atom. The second kappa shape index (κ2) is 7.00. The Kier molecular flexibility index (Phi) is 4.57. The van der Waals surface area contributed by atoms with Crippen molar-refractivity contribution in [3.63, 3.8) is 0 Å². The predicted molar refractivity (Wildman–Crippen MR) is 97.7 cm³/mol. The number of likely N-dealkylation sites (N-methyl/N-ethyl adjacent to an activating group) is 1. The van der Waals surface area contributed by atoms with Gasteiger partial charge in [0.15, 0.2) is 0 Å². The van der Waals surface area contributed by atoms with E-state index in [1.54, 1.807) is 6.20 Å². The van der Waals surface area contributed by atoms with Crippen molar-refractivity contribution >= 4 is 5.91 Å². The molecule has 0 bridgehead atoms. The fourth-order valence-corrected chi connectivity index (χ4v) is 4.39. The van der Waals surface area contributed by atoms with Crippen molar-refractivity contribution in [2.75, 3.05) is 20.1 Å². The highest BCUT2D eigenvalue weighted by atomic mass is 16.2. The van der Waals surface area contributed by atoms with Crippen molar-refractivity contribution < 1.29 is 4.79 Å². The first-order chi connectivity index (χ1) is 12.2. The molecule has 1 aromatic carbocycles. The van der Waals surface area contributed by atoms with Gasteiger partial charge < -0.3 is 9.80 Å². The largest absolute Gasteiger partial charge is 0.338 e. The van der Waals surface area contributed by atoms with E-state index in [0.717, 1.165) is 37.2 Å². The molecule has 5 nitrogen and oxygen atoms in total. The summed E-state index contributed by atoms with van der Waals surface area (Å²) in [4.78, 5) is 17.5. The topological polar surface area (TPSA) is 41.4 Å². The Labute approximate surface area is 149 Å². The number of likely N-dealkylation sites (tertiary alicyclic amines) is 2. The number of carbonyl (C=O) groups is 1. The second-order valence-electron chi connectivity index (χ2n) is 7.28. The van der Waals surface area contributed by atoms with Gasteiger partial charge in [0.25, 0.3) is 0 Å². The first-order valence-electron chi connectivity index (χ1n) is 9.31. The van der Waals surface area contributed by atoms with Gasteiger partial charge in [-0.15, -0.1) is 0 Å². The Morgan fingerprint density at radius 2 is 1.88 bits per heavy atom. The molecule has 5 heteroatoms. The first-order valence-corrected chi connectivity index (χ1v) is 9.31. The molecule has 3 heterocycles. The van der Waals surface area contributed by atoms with Crippen molar-refractivity contribution in [3.05, 3.63) is 48.3 Å². The molecule has 2 aliphatic rings.